The Labute approximate surface area is 135 Å². The molecule has 0 fully saturated rings. The normalized spacial score (nSPS) is 11.4. The molecule has 0 amide bonds. The number of anilines is 1. The Hall–Kier alpha value is -2.60. The zero-order valence-corrected chi connectivity index (χ0v) is 13.6. The monoisotopic (exact) mass is 331 g/mol. The second kappa shape index (κ2) is 7.11. The van der Waals surface area contributed by atoms with Gasteiger partial charge in [-0.2, -0.15) is 0 Å². The number of hydrogen-bond donors (Lipinski definition) is 1. The van der Waals surface area contributed by atoms with Gasteiger partial charge in [0.1, 0.15) is 5.75 Å². The fraction of sp³-hybridized carbons (Fsp3) is 0.118. The van der Waals surface area contributed by atoms with Crippen molar-refractivity contribution in [1.82, 2.24) is 0 Å². The molecule has 0 heterocycles. The highest BCUT2D eigenvalue weighted by molar-refractivity contribution is 7.92. The zero-order valence-electron chi connectivity index (χ0n) is 12.8. The molecule has 0 atom stereocenters. The standard InChI is InChI=1S/C17H17NO4S/c1-22-17-6-4-3-5-14(17)9-12-16(19)13-7-10-15(11-8-13)18-23(2,20)21/h3-12,18H,1-2H3. The van der Waals surface area contributed by atoms with E-state index in [1.165, 1.54) is 6.08 Å². The molecule has 2 aromatic carbocycles. The van der Waals surface area contributed by atoms with Crippen LogP contribution in [-0.2, 0) is 10.0 Å². The van der Waals surface area contributed by atoms with Crippen LogP contribution >= 0.6 is 0 Å². The van der Waals surface area contributed by atoms with Crippen LogP contribution in [0.1, 0.15) is 15.9 Å². The number of hydrogen-bond acceptors (Lipinski definition) is 4. The maximum Gasteiger partial charge on any atom is 0.229 e. The van der Waals surface area contributed by atoms with Crippen LogP contribution in [0.5, 0.6) is 5.75 Å². The Balaban J connectivity index is 2.13. The lowest BCUT2D eigenvalue weighted by Gasteiger charge is -2.04. The lowest BCUT2D eigenvalue weighted by atomic mass is 10.1. The van der Waals surface area contributed by atoms with E-state index in [0.717, 1.165) is 11.8 Å². The average Bonchev–Trinajstić information content (AvgIpc) is 2.52. The van der Waals surface area contributed by atoms with Crippen LogP contribution in [0.3, 0.4) is 0 Å². The Morgan fingerprint density at radius 1 is 1.09 bits per heavy atom. The van der Waals surface area contributed by atoms with E-state index in [0.29, 0.717) is 17.0 Å². The maximum atomic E-state index is 12.1. The summed E-state index contributed by atoms with van der Waals surface area (Å²) in [6, 6.07) is 13.6. The van der Waals surface area contributed by atoms with E-state index in [4.69, 9.17) is 4.74 Å². The summed E-state index contributed by atoms with van der Waals surface area (Å²) < 4.78 is 29.8. The van der Waals surface area contributed by atoms with Gasteiger partial charge < -0.3 is 4.74 Å². The summed E-state index contributed by atoms with van der Waals surface area (Å²) in [6.07, 6.45) is 4.21. The third kappa shape index (κ3) is 4.96. The topological polar surface area (TPSA) is 72.5 Å². The molecule has 23 heavy (non-hydrogen) atoms. The van der Waals surface area contributed by atoms with Crippen LogP contribution in [0, 0.1) is 0 Å². The first-order valence-electron chi connectivity index (χ1n) is 6.82. The van der Waals surface area contributed by atoms with Gasteiger partial charge in [0.15, 0.2) is 5.78 Å². The van der Waals surface area contributed by atoms with Crippen LogP contribution < -0.4 is 9.46 Å². The molecule has 0 aliphatic carbocycles. The van der Waals surface area contributed by atoms with Crippen molar-refractivity contribution in [3.05, 3.63) is 65.7 Å². The van der Waals surface area contributed by atoms with Gasteiger partial charge in [-0.3, -0.25) is 9.52 Å². The van der Waals surface area contributed by atoms with Gasteiger partial charge >= 0.3 is 0 Å². The highest BCUT2D eigenvalue weighted by Crippen LogP contribution is 2.19. The van der Waals surface area contributed by atoms with Crippen molar-refractivity contribution in [1.29, 1.82) is 0 Å². The Bertz CT molecular complexity index is 824. The SMILES string of the molecule is COc1ccccc1C=CC(=O)c1ccc(NS(C)(=O)=O)cc1. The third-order valence-corrected chi connectivity index (χ3v) is 3.63. The number of ketones is 1. The van der Waals surface area contributed by atoms with Crippen molar-refractivity contribution in [2.45, 2.75) is 0 Å². The van der Waals surface area contributed by atoms with E-state index in [9.17, 15) is 13.2 Å². The van der Waals surface area contributed by atoms with Gasteiger partial charge in [-0.1, -0.05) is 18.2 Å². The molecule has 120 valence electrons. The molecular formula is C17H17NO4S. The van der Waals surface area contributed by atoms with Crippen LogP contribution in [0.4, 0.5) is 5.69 Å². The second-order valence-electron chi connectivity index (χ2n) is 4.89. The molecule has 0 saturated heterocycles. The first-order valence-corrected chi connectivity index (χ1v) is 8.71. The Kier molecular flexibility index (Phi) is 5.18. The van der Waals surface area contributed by atoms with Crippen molar-refractivity contribution >= 4 is 27.6 Å². The maximum absolute atomic E-state index is 12.1. The van der Waals surface area contributed by atoms with Crippen molar-refractivity contribution in [2.75, 3.05) is 18.1 Å². The molecule has 0 aliphatic heterocycles. The Morgan fingerprint density at radius 2 is 1.74 bits per heavy atom. The second-order valence-corrected chi connectivity index (χ2v) is 6.64. The molecular weight excluding hydrogens is 314 g/mol. The number of ether oxygens (including phenoxy) is 1. The minimum atomic E-state index is -3.33. The van der Waals surface area contributed by atoms with Crippen LogP contribution in [0.15, 0.2) is 54.6 Å². The summed E-state index contributed by atoms with van der Waals surface area (Å²) in [5.41, 5.74) is 1.69. The summed E-state index contributed by atoms with van der Waals surface area (Å²) in [5, 5.41) is 0. The summed E-state index contributed by atoms with van der Waals surface area (Å²) in [7, 11) is -1.76. The number of benzene rings is 2. The molecule has 0 spiro atoms. The van der Waals surface area contributed by atoms with Gasteiger partial charge in [-0.05, 0) is 42.5 Å². The van der Waals surface area contributed by atoms with Crippen molar-refractivity contribution in [2.24, 2.45) is 0 Å². The van der Waals surface area contributed by atoms with Gasteiger partial charge in [0, 0.05) is 16.8 Å². The molecule has 6 heteroatoms. The van der Waals surface area contributed by atoms with Gasteiger partial charge in [-0.25, -0.2) is 8.42 Å². The van der Waals surface area contributed by atoms with Crippen molar-refractivity contribution < 1.29 is 17.9 Å². The number of sulfonamides is 1. The first-order chi connectivity index (χ1) is 10.9. The largest absolute Gasteiger partial charge is 0.496 e. The molecule has 0 saturated carbocycles. The van der Waals surface area contributed by atoms with Crippen LogP contribution in [0.25, 0.3) is 6.08 Å². The minimum absolute atomic E-state index is 0.179. The zero-order chi connectivity index (χ0) is 16.9. The molecule has 0 radical (unpaired) electrons. The number of nitrogens with one attached hydrogen (secondary N) is 1. The van der Waals surface area contributed by atoms with E-state index in [1.807, 2.05) is 24.3 Å². The van der Waals surface area contributed by atoms with Crippen LogP contribution in [0.2, 0.25) is 0 Å². The fourth-order valence-corrected chi connectivity index (χ4v) is 2.55. The highest BCUT2D eigenvalue weighted by atomic mass is 32.2. The number of para-hydroxylation sites is 1. The molecule has 0 aromatic heterocycles. The quantitative estimate of drug-likeness (QED) is 0.652. The number of rotatable bonds is 6. The average molecular weight is 331 g/mol. The molecule has 2 aromatic rings. The van der Waals surface area contributed by atoms with Gasteiger partial charge in [0.2, 0.25) is 10.0 Å². The van der Waals surface area contributed by atoms with E-state index < -0.39 is 10.0 Å². The molecule has 2 rings (SSSR count). The van der Waals surface area contributed by atoms with Crippen LogP contribution in [-0.4, -0.2) is 27.6 Å². The third-order valence-electron chi connectivity index (χ3n) is 3.03. The number of allylic oxidation sites excluding steroid dienone is 1. The predicted molar refractivity (Wildman–Crippen MR) is 91.3 cm³/mol. The van der Waals surface area contributed by atoms with Gasteiger partial charge in [0.05, 0.1) is 13.4 Å². The summed E-state index contributed by atoms with van der Waals surface area (Å²) in [4.78, 5) is 12.1. The Morgan fingerprint density at radius 3 is 2.35 bits per heavy atom. The summed E-state index contributed by atoms with van der Waals surface area (Å²) in [5.74, 6) is 0.506. The molecule has 0 aliphatic rings. The van der Waals surface area contributed by atoms with E-state index in [2.05, 4.69) is 4.72 Å². The van der Waals surface area contributed by atoms with E-state index in [1.54, 1.807) is 37.5 Å². The number of carbonyl (C=O) groups excluding carboxylic acids is 1. The number of carbonyl (C=O) groups is 1. The summed E-state index contributed by atoms with van der Waals surface area (Å²) >= 11 is 0. The number of methoxy groups -OCH3 is 1. The smallest absolute Gasteiger partial charge is 0.229 e. The predicted octanol–water partition coefficient (Wildman–Crippen LogP) is 2.96. The van der Waals surface area contributed by atoms with Crippen molar-refractivity contribution in [3.8, 4) is 5.75 Å². The lowest BCUT2D eigenvalue weighted by Crippen LogP contribution is -2.09. The van der Waals surface area contributed by atoms with E-state index in [-0.39, 0.29) is 5.78 Å². The van der Waals surface area contributed by atoms with E-state index >= 15 is 0 Å². The van der Waals surface area contributed by atoms with Gasteiger partial charge in [0.25, 0.3) is 0 Å². The fourth-order valence-electron chi connectivity index (χ4n) is 1.98. The molecule has 1 N–H and O–H groups in total. The molecule has 5 nitrogen and oxygen atoms in total. The lowest BCUT2D eigenvalue weighted by molar-refractivity contribution is 0.104. The molecule has 0 unspecified atom stereocenters. The highest BCUT2D eigenvalue weighted by Gasteiger charge is 2.05. The first kappa shape index (κ1) is 16.8. The van der Waals surface area contributed by atoms with Gasteiger partial charge in [-0.15, -0.1) is 0 Å². The molecule has 0 bridgehead atoms. The summed E-state index contributed by atoms with van der Waals surface area (Å²) in [6.45, 7) is 0. The van der Waals surface area contributed by atoms with Crippen molar-refractivity contribution in [3.63, 3.8) is 0 Å². The minimum Gasteiger partial charge on any atom is -0.496 e.